The largest absolute Gasteiger partial charge is 0.338 e. The third kappa shape index (κ3) is 5.35. The second-order valence-electron chi connectivity index (χ2n) is 9.00. The van der Waals surface area contributed by atoms with Crippen molar-refractivity contribution in [1.29, 1.82) is 0 Å². The van der Waals surface area contributed by atoms with Crippen LogP contribution in [0, 0.1) is 6.92 Å². The summed E-state index contributed by atoms with van der Waals surface area (Å²) in [5.74, 6) is 0.752. The monoisotopic (exact) mass is 460 g/mol. The molecule has 1 unspecified atom stereocenters. The SMILES string of the molecule is CCCCc1ccc(C(=O)N2CCN(C(=O)Cc3noc(-c4ccccc4C)n3)CC2C)cc1. The topological polar surface area (TPSA) is 79.5 Å². The number of nitrogens with zero attached hydrogens (tertiary/aromatic N) is 4. The lowest BCUT2D eigenvalue weighted by Crippen LogP contribution is -2.55. The van der Waals surface area contributed by atoms with Crippen molar-refractivity contribution >= 4 is 11.8 Å². The Kier molecular flexibility index (Phi) is 7.40. The van der Waals surface area contributed by atoms with Gasteiger partial charge in [0, 0.05) is 36.8 Å². The van der Waals surface area contributed by atoms with Crippen LogP contribution in [0.1, 0.15) is 54.0 Å². The molecular formula is C27H32N4O3. The molecule has 1 saturated heterocycles. The smallest absolute Gasteiger partial charge is 0.258 e. The summed E-state index contributed by atoms with van der Waals surface area (Å²) in [5.41, 5.74) is 3.86. The maximum atomic E-state index is 13.1. The number of carbonyl (C=O) groups is 2. The normalized spacial score (nSPS) is 16.0. The molecule has 0 aliphatic carbocycles. The molecule has 34 heavy (non-hydrogen) atoms. The number of unbranched alkanes of at least 4 members (excludes halogenated alkanes) is 1. The zero-order valence-electron chi connectivity index (χ0n) is 20.2. The number of aryl methyl sites for hydroxylation is 2. The van der Waals surface area contributed by atoms with Gasteiger partial charge in [-0.15, -0.1) is 0 Å². The molecule has 0 saturated carbocycles. The molecule has 1 aliphatic heterocycles. The Labute approximate surface area is 200 Å². The van der Waals surface area contributed by atoms with E-state index in [1.165, 1.54) is 5.56 Å². The third-order valence-electron chi connectivity index (χ3n) is 6.41. The molecule has 178 valence electrons. The fraction of sp³-hybridized carbons (Fsp3) is 0.407. The van der Waals surface area contributed by atoms with Crippen LogP contribution >= 0.6 is 0 Å². The first-order valence-electron chi connectivity index (χ1n) is 12.0. The molecule has 0 spiro atoms. The predicted molar refractivity (Wildman–Crippen MR) is 130 cm³/mol. The quantitative estimate of drug-likeness (QED) is 0.525. The van der Waals surface area contributed by atoms with E-state index < -0.39 is 0 Å². The van der Waals surface area contributed by atoms with Crippen LogP contribution in [0.15, 0.2) is 53.1 Å². The molecule has 3 aromatic rings. The molecule has 0 bridgehead atoms. The summed E-state index contributed by atoms with van der Waals surface area (Å²) in [7, 11) is 0. The number of hydrogen-bond donors (Lipinski definition) is 0. The van der Waals surface area contributed by atoms with E-state index >= 15 is 0 Å². The number of amides is 2. The van der Waals surface area contributed by atoms with E-state index in [0.29, 0.717) is 36.9 Å². The number of rotatable bonds is 7. The van der Waals surface area contributed by atoms with Crippen molar-refractivity contribution < 1.29 is 14.1 Å². The molecule has 0 N–H and O–H groups in total. The van der Waals surface area contributed by atoms with E-state index in [-0.39, 0.29) is 24.3 Å². The molecule has 7 heteroatoms. The molecule has 0 radical (unpaired) electrons. The maximum Gasteiger partial charge on any atom is 0.258 e. The van der Waals surface area contributed by atoms with E-state index in [1.807, 2.05) is 67.3 Å². The molecule has 2 aromatic carbocycles. The van der Waals surface area contributed by atoms with Crippen LogP contribution in [0.2, 0.25) is 0 Å². The molecule has 2 amide bonds. The Morgan fingerprint density at radius 1 is 1.09 bits per heavy atom. The first-order chi connectivity index (χ1) is 16.5. The Hall–Kier alpha value is -3.48. The van der Waals surface area contributed by atoms with Crippen molar-refractivity contribution in [2.45, 2.75) is 52.5 Å². The lowest BCUT2D eigenvalue weighted by molar-refractivity contribution is -0.133. The average Bonchev–Trinajstić information content (AvgIpc) is 3.31. The average molecular weight is 461 g/mol. The highest BCUT2D eigenvalue weighted by molar-refractivity contribution is 5.94. The Balaban J connectivity index is 1.34. The van der Waals surface area contributed by atoms with Gasteiger partial charge >= 0.3 is 0 Å². The third-order valence-corrected chi connectivity index (χ3v) is 6.41. The van der Waals surface area contributed by atoms with Gasteiger partial charge in [0.25, 0.3) is 11.8 Å². The van der Waals surface area contributed by atoms with Crippen molar-refractivity contribution in [2.75, 3.05) is 19.6 Å². The van der Waals surface area contributed by atoms with Crippen molar-refractivity contribution in [3.8, 4) is 11.5 Å². The summed E-state index contributed by atoms with van der Waals surface area (Å²) in [6.07, 6.45) is 3.42. The van der Waals surface area contributed by atoms with Gasteiger partial charge in [0.2, 0.25) is 5.91 Å². The fourth-order valence-electron chi connectivity index (χ4n) is 4.34. The fourth-order valence-corrected chi connectivity index (χ4v) is 4.34. The first-order valence-corrected chi connectivity index (χ1v) is 12.0. The lowest BCUT2D eigenvalue weighted by Gasteiger charge is -2.40. The maximum absolute atomic E-state index is 13.1. The standard InChI is InChI=1S/C27H32N4O3/c1-4-5-9-21-11-13-22(14-12-21)27(33)31-16-15-30(18-20(31)3)25(32)17-24-28-26(34-29-24)23-10-7-6-8-19(23)2/h6-8,10-14,20H,4-5,9,15-18H2,1-3H3. The zero-order chi connectivity index (χ0) is 24.1. The van der Waals surface area contributed by atoms with Crippen molar-refractivity contribution in [2.24, 2.45) is 0 Å². The number of benzene rings is 2. The summed E-state index contributed by atoms with van der Waals surface area (Å²) in [6, 6.07) is 15.6. The van der Waals surface area contributed by atoms with E-state index in [4.69, 9.17) is 4.52 Å². The lowest BCUT2D eigenvalue weighted by atomic mass is 10.0. The second kappa shape index (κ2) is 10.6. The molecule has 7 nitrogen and oxygen atoms in total. The van der Waals surface area contributed by atoms with Gasteiger partial charge in [-0.2, -0.15) is 4.98 Å². The number of hydrogen-bond acceptors (Lipinski definition) is 5. The second-order valence-corrected chi connectivity index (χ2v) is 9.00. The van der Waals surface area contributed by atoms with Crippen molar-refractivity contribution in [3.05, 3.63) is 71.0 Å². The number of carbonyl (C=O) groups excluding carboxylic acids is 2. The van der Waals surface area contributed by atoms with E-state index in [1.54, 1.807) is 4.90 Å². The van der Waals surface area contributed by atoms with Crippen LogP contribution < -0.4 is 0 Å². The van der Waals surface area contributed by atoms with Gasteiger partial charge in [-0.3, -0.25) is 9.59 Å². The molecule has 1 aliphatic rings. The minimum atomic E-state index is -0.0715. The first kappa shape index (κ1) is 23.7. The van der Waals surface area contributed by atoms with Crippen LogP contribution in [-0.4, -0.2) is 57.4 Å². The highest BCUT2D eigenvalue weighted by atomic mass is 16.5. The molecule has 1 aromatic heterocycles. The summed E-state index contributed by atoms with van der Waals surface area (Å²) in [4.78, 5) is 34.0. The van der Waals surface area contributed by atoms with Gasteiger partial charge in [0.1, 0.15) is 0 Å². The summed E-state index contributed by atoms with van der Waals surface area (Å²) < 4.78 is 5.38. The zero-order valence-corrected chi connectivity index (χ0v) is 20.2. The molecular weight excluding hydrogens is 428 g/mol. The molecule has 4 rings (SSSR count). The number of aromatic nitrogens is 2. The Morgan fingerprint density at radius 3 is 2.56 bits per heavy atom. The van der Waals surface area contributed by atoms with Gasteiger partial charge in [-0.25, -0.2) is 0 Å². The Morgan fingerprint density at radius 2 is 1.85 bits per heavy atom. The van der Waals surface area contributed by atoms with E-state index in [0.717, 1.165) is 30.4 Å². The van der Waals surface area contributed by atoms with Crippen molar-refractivity contribution in [3.63, 3.8) is 0 Å². The summed E-state index contributed by atoms with van der Waals surface area (Å²) in [6.45, 7) is 7.62. The molecule has 1 atom stereocenters. The van der Waals surface area contributed by atoms with E-state index in [9.17, 15) is 9.59 Å². The van der Waals surface area contributed by atoms with Crippen molar-refractivity contribution in [1.82, 2.24) is 19.9 Å². The van der Waals surface area contributed by atoms with Gasteiger partial charge < -0.3 is 14.3 Å². The summed E-state index contributed by atoms with van der Waals surface area (Å²) in [5, 5.41) is 4.00. The van der Waals surface area contributed by atoms with E-state index in [2.05, 4.69) is 17.1 Å². The minimum Gasteiger partial charge on any atom is -0.338 e. The van der Waals surface area contributed by atoms with Crippen LogP contribution in [-0.2, 0) is 17.6 Å². The molecule has 2 heterocycles. The van der Waals surface area contributed by atoms with Gasteiger partial charge in [0.05, 0.1) is 6.42 Å². The highest BCUT2D eigenvalue weighted by Gasteiger charge is 2.30. The van der Waals surface area contributed by atoms with Crippen LogP contribution in [0.5, 0.6) is 0 Å². The Bertz CT molecular complexity index is 1140. The van der Waals surface area contributed by atoms with Gasteiger partial charge in [-0.05, 0) is 56.0 Å². The molecule has 1 fully saturated rings. The predicted octanol–water partition coefficient (Wildman–Crippen LogP) is 4.30. The van der Waals surface area contributed by atoms with Crippen LogP contribution in [0.25, 0.3) is 11.5 Å². The highest BCUT2D eigenvalue weighted by Crippen LogP contribution is 2.21. The summed E-state index contributed by atoms with van der Waals surface area (Å²) >= 11 is 0. The van der Waals surface area contributed by atoms with Gasteiger partial charge in [0.15, 0.2) is 5.82 Å². The number of piperazine rings is 1. The van der Waals surface area contributed by atoms with Gasteiger partial charge in [-0.1, -0.05) is 48.8 Å². The van der Waals surface area contributed by atoms with Crippen LogP contribution in [0.3, 0.4) is 0 Å². The van der Waals surface area contributed by atoms with Crippen LogP contribution in [0.4, 0.5) is 0 Å². The minimum absolute atomic E-state index is 0.0164.